The van der Waals surface area contributed by atoms with Gasteiger partial charge in [-0.1, -0.05) is 41.8 Å². The molecule has 0 N–H and O–H groups in total. The van der Waals surface area contributed by atoms with Gasteiger partial charge in [-0.2, -0.15) is 0 Å². The Bertz CT molecular complexity index is 667. The van der Waals surface area contributed by atoms with Gasteiger partial charge in [0, 0.05) is 30.6 Å². The molecule has 0 radical (unpaired) electrons. The van der Waals surface area contributed by atoms with Gasteiger partial charge in [-0.25, -0.2) is 0 Å². The first-order valence-corrected chi connectivity index (χ1v) is 10.1. The summed E-state index contributed by atoms with van der Waals surface area (Å²) in [5, 5.41) is 8.23. The SMILES string of the molecule is CCSc1nnc(SCC(=O)c2cc(C)n(CCOC)c2C)s1. The van der Waals surface area contributed by atoms with Gasteiger partial charge < -0.3 is 9.30 Å². The predicted octanol–water partition coefficient (Wildman–Crippen LogP) is 3.69. The van der Waals surface area contributed by atoms with Crippen LogP contribution in [-0.2, 0) is 11.3 Å². The van der Waals surface area contributed by atoms with E-state index in [2.05, 4.69) is 21.7 Å². The average Bonchev–Trinajstić information content (AvgIpc) is 3.09. The zero-order valence-corrected chi connectivity index (χ0v) is 16.2. The Hall–Kier alpha value is -0.830. The lowest BCUT2D eigenvalue weighted by atomic mass is 10.2. The van der Waals surface area contributed by atoms with Crippen LogP contribution in [0.4, 0.5) is 0 Å². The van der Waals surface area contributed by atoms with Crippen LogP contribution in [0.3, 0.4) is 0 Å². The van der Waals surface area contributed by atoms with E-state index in [9.17, 15) is 4.79 Å². The Kier molecular flexibility index (Phi) is 7.13. The Balaban J connectivity index is 2.00. The highest BCUT2D eigenvalue weighted by Crippen LogP contribution is 2.29. The van der Waals surface area contributed by atoms with Gasteiger partial charge in [0.05, 0.1) is 12.4 Å². The second-order valence-corrected chi connectivity index (χ2v) is 8.62. The van der Waals surface area contributed by atoms with E-state index >= 15 is 0 Å². The molecule has 0 bridgehead atoms. The second kappa shape index (κ2) is 8.86. The van der Waals surface area contributed by atoms with E-state index in [1.807, 2.05) is 19.9 Å². The zero-order valence-electron chi connectivity index (χ0n) is 13.8. The molecule has 8 heteroatoms. The lowest BCUT2D eigenvalue weighted by Crippen LogP contribution is -2.09. The highest BCUT2D eigenvalue weighted by atomic mass is 32.2. The first kappa shape index (κ1) is 18.5. The van der Waals surface area contributed by atoms with Crippen LogP contribution in [0, 0.1) is 13.8 Å². The fourth-order valence-corrected chi connectivity index (χ4v) is 5.05. The topological polar surface area (TPSA) is 57.0 Å². The summed E-state index contributed by atoms with van der Waals surface area (Å²) in [6, 6.07) is 1.96. The first-order valence-electron chi connectivity index (χ1n) is 7.34. The molecule has 0 aliphatic carbocycles. The van der Waals surface area contributed by atoms with Crippen LogP contribution in [0.2, 0.25) is 0 Å². The van der Waals surface area contributed by atoms with E-state index in [4.69, 9.17) is 4.74 Å². The summed E-state index contributed by atoms with van der Waals surface area (Å²) in [6.07, 6.45) is 0. The highest BCUT2D eigenvalue weighted by Gasteiger charge is 2.16. The van der Waals surface area contributed by atoms with Crippen molar-refractivity contribution in [1.29, 1.82) is 0 Å². The van der Waals surface area contributed by atoms with Gasteiger partial charge in [0.1, 0.15) is 0 Å². The summed E-state index contributed by atoms with van der Waals surface area (Å²) in [5.74, 6) is 1.50. The van der Waals surface area contributed by atoms with Crippen molar-refractivity contribution in [2.75, 3.05) is 25.2 Å². The number of ketones is 1. The Morgan fingerprint density at radius 2 is 2.00 bits per heavy atom. The first-order chi connectivity index (χ1) is 11.1. The molecule has 2 rings (SSSR count). The van der Waals surface area contributed by atoms with E-state index in [-0.39, 0.29) is 5.78 Å². The van der Waals surface area contributed by atoms with Gasteiger partial charge in [-0.15, -0.1) is 10.2 Å². The Morgan fingerprint density at radius 1 is 1.30 bits per heavy atom. The minimum absolute atomic E-state index is 0.131. The van der Waals surface area contributed by atoms with E-state index < -0.39 is 0 Å². The highest BCUT2D eigenvalue weighted by molar-refractivity contribution is 8.03. The van der Waals surface area contributed by atoms with Crippen molar-refractivity contribution in [2.45, 2.75) is 36.0 Å². The normalized spacial score (nSPS) is 11.1. The molecular formula is C15H21N3O2S3. The summed E-state index contributed by atoms with van der Waals surface area (Å²) in [5.41, 5.74) is 2.88. The minimum atomic E-state index is 0.131. The molecule has 126 valence electrons. The number of carbonyl (C=O) groups is 1. The standard InChI is InChI=1S/C15H21N3O2S3/c1-5-21-14-16-17-15(23-14)22-9-13(19)12-8-10(2)18(11(12)3)6-7-20-4/h8H,5-7,9H2,1-4H3. The maximum atomic E-state index is 12.5. The Labute approximate surface area is 149 Å². The maximum Gasteiger partial charge on any atom is 0.175 e. The lowest BCUT2D eigenvalue weighted by Gasteiger charge is -2.08. The van der Waals surface area contributed by atoms with Crippen LogP contribution in [0.25, 0.3) is 0 Å². The van der Waals surface area contributed by atoms with Gasteiger partial charge >= 0.3 is 0 Å². The predicted molar refractivity (Wildman–Crippen MR) is 97.1 cm³/mol. The monoisotopic (exact) mass is 371 g/mol. The number of carbonyl (C=O) groups excluding carboxylic acids is 1. The van der Waals surface area contributed by atoms with E-state index in [1.165, 1.54) is 11.8 Å². The van der Waals surface area contributed by atoms with E-state index in [0.717, 1.165) is 37.9 Å². The molecule has 0 amide bonds. The van der Waals surface area contributed by atoms with E-state index in [0.29, 0.717) is 12.4 Å². The van der Waals surface area contributed by atoms with Crippen molar-refractivity contribution in [1.82, 2.24) is 14.8 Å². The molecule has 2 aromatic heterocycles. The number of hydrogen-bond acceptors (Lipinski definition) is 7. The molecule has 0 spiro atoms. The molecule has 2 aromatic rings. The summed E-state index contributed by atoms with van der Waals surface area (Å²) >= 11 is 4.68. The molecule has 0 fully saturated rings. The van der Waals surface area contributed by atoms with Crippen molar-refractivity contribution in [2.24, 2.45) is 0 Å². The molecular weight excluding hydrogens is 350 g/mol. The van der Waals surface area contributed by atoms with Gasteiger partial charge in [-0.3, -0.25) is 4.79 Å². The third-order valence-electron chi connectivity index (χ3n) is 3.38. The third kappa shape index (κ3) is 4.82. The fourth-order valence-electron chi connectivity index (χ4n) is 2.25. The third-order valence-corrected chi connectivity index (χ3v) is 6.45. The number of thioether (sulfide) groups is 2. The van der Waals surface area contributed by atoms with Gasteiger partial charge in [0.2, 0.25) is 0 Å². The number of hydrogen-bond donors (Lipinski definition) is 0. The Morgan fingerprint density at radius 3 is 2.65 bits per heavy atom. The molecule has 0 aliphatic heterocycles. The van der Waals surface area contributed by atoms with Crippen LogP contribution in [0.15, 0.2) is 14.7 Å². The number of nitrogens with zero attached hydrogens (tertiary/aromatic N) is 3. The number of ether oxygens (including phenoxy) is 1. The van der Waals surface area contributed by atoms with Crippen molar-refractivity contribution in [3.8, 4) is 0 Å². The quantitative estimate of drug-likeness (QED) is 0.495. The van der Waals surface area contributed by atoms with Gasteiger partial charge in [-0.05, 0) is 25.7 Å². The summed E-state index contributed by atoms with van der Waals surface area (Å²) < 4.78 is 9.06. The molecule has 0 unspecified atom stereocenters. The summed E-state index contributed by atoms with van der Waals surface area (Å²) in [4.78, 5) is 12.5. The van der Waals surface area contributed by atoms with Crippen molar-refractivity contribution < 1.29 is 9.53 Å². The maximum absolute atomic E-state index is 12.5. The molecule has 0 saturated heterocycles. The van der Waals surface area contributed by atoms with E-state index in [1.54, 1.807) is 30.2 Å². The van der Waals surface area contributed by atoms with Crippen LogP contribution < -0.4 is 0 Å². The van der Waals surface area contributed by atoms with Crippen molar-refractivity contribution in [3.05, 3.63) is 23.0 Å². The van der Waals surface area contributed by atoms with Crippen molar-refractivity contribution >= 4 is 40.6 Å². The number of rotatable bonds is 9. The second-order valence-electron chi connectivity index (χ2n) is 4.91. The van der Waals surface area contributed by atoms with Gasteiger partial charge in [0.25, 0.3) is 0 Å². The molecule has 0 aromatic carbocycles. The van der Waals surface area contributed by atoms with Crippen LogP contribution in [0.1, 0.15) is 28.7 Å². The molecule has 23 heavy (non-hydrogen) atoms. The minimum Gasteiger partial charge on any atom is -0.383 e. The molecule has 0 saturated carbocycles. The molecule has 5 nitrogen and oxygen atoms in total. The molecule has 0 atom stereocenters. The smallest absolute Gasteiger partial charge is 0.175 e. The summed E-state index contributed by atoms with van der Waals surface area (Å²) in [7, 11) is 1.68. The lowest BCUT2D eigenvalue weighted by molar-refractivity contribution is 0.102. The number of Topliss-reactive ketones (excluding diaryl/α,β-unsaturated/α-hetero) is 1. The van der Waals surface area contributed by atoms with Crippen molar-refractivity contribution in [3.63, 3.8) is 0 Å². The fraction of sp³-hybridized carbons (Fsp3) is 0.533. The van der Waals surface area contributed by atoms with Crippen LogP contribution >= 0.6 is 34.9 Å². The summed E-state index contributed by atoms with van der Waals surface area (Å²) in [6.45, 7) is 7.50. The number of aryl methyl sites for hydroxylation is 1. The number of methoxy groups -OCH3 is 1. The zero-order chi connectivity index (χ0) is 16.8. The molecule has 2 heterocycles. The molecule has 0 aliphatic rings. The van der Waals surface area contributed by atoms with Crippen LogP contribution in [0.5, 0.6) is 0 Å². The van der Waals surface area contributed by atoms with Gasteiger partial charge in [0.15, 0.2) is 14.5 Å². The number of aromatic nitrogens is 3. The largest absolute Gasteiger partial charge is 0.383 e. The van der Waals surface area contributed by atoms with Crippen LogP contribution in [-0.4, -0.2) is 45.8 Å². The average molecular weight is 372 g/mol.